The molecule has 0 amide bonds. The second-order valence-electron chi connectivity index (χ2n) is 2.47. The molecular weight excluding hydrogens is 213 g/mol. The van der Waals surface area contributed by atoms with Crippen LogP contribution < -0.4 is 0 Å². The van der Waals surface area contributed by atoms with Crippen LogP contribution in [0.4, 0.5) is 4.39 Å². The SMILES string of the molecule is O=C(O)c1nc2ccnn2c(F)c1Cl. The van der Waals surface area contributed by atoms with E-state index in [1.54, 1.807) is 0 Å². The van der Waals surface area contributed by atoms with Gasteiger partial charge in [-0.25, -0.2) is 9.78 Å². The Balaban J connectivity index is 2.87. The van der Waals surface area contributed by atoms with E-state index in [9.17, 15) is 9.18 Å². The molecule has 2 heterocycles. The van der Waals surface area contributed by atoms with Crippen molar-refractivity contribution in [1.29, 1.82) is 0 Å². The van der Waals surface area contributed by atoms with Gasteiger partial charge < -0.3 is 5.11 Å². The van der Waals surface area contributed by atoms with Gasteiger partial charge in [0.2, 0.25) is 5.95 Å². The Labute approximate surface area is 81.7 Å². The van der Waals surface area contributed by atoms with Crippen molar-refractivity contribution < 1.29 is 14.3 Å². The van der Waals surface area contributed by atoms with E-state index in [-0.39, 0.29) is 5.65 Å². The molecule has 0 aliphatic carbocycles. The van der Waals surface area contributed by atoms with Crippen molar-refractivity contribution in [1.82, 2.24) is 14.6 Å². The maximum Gasteiger partial charge on any atom is 0.356 e. The third-order valence-electron chi connectivity index (χ3n) is 1.63. The van der Waals surface area contributed by atoms with E-state index in [4.69, 9.17) is 16.7 Å². The molecule has 0 atom stereocenters. The average Bonchev–Trinajstić information content (AvgIpc) is 2.58. The molecule has 7 heteroatoms. The standard InChI is InChI=1S/C7H3ClFN3O2/c8-4-5(7(13)14)11-3-1-2-10-12(3)6(4)9/h1-2H,(H,13,14). The molecular formula is C7H3ClFN3O2. The van der Waals surface area contributed by atoms with Crippen molar-refractivity contribution >= 4 is 23.2 Å². The maximum atomic E-state index is 13.3. The summed E-state index contributed by atoms with van der Waals surface area (Å²) in [6, 6.07) is 1.38. The second-order valence-corrected chi connectivity index (χ2v) is 2.85. The second kappa shape index (κ2) is 2.91. The van der Waals surface area contributed by atoms with Crippen molar-refractivity contribution in [3.63, 3.8) is 0 Å². The van der Waals surface area contributed by atoms with Crippen LogP contribution in [0.1, 0.15) is 10.5 Å². The molecule has 0 unspecified atom stereocenters. The van der Waals surface area contributed by atoms with Crippen LogP contribution >= 0.6 is 11.6 Å². The van der Waals surface area contributed by atoms with Crippen LogP contribution in [0, 0.1) is 5.95 Å². The zero-order valence-electron chi connectivity index (χ0n) is 6.61. The summed E-state index contributed by atoms with van der Waals surface area (Å²) in [6.07, 6.45) is 1.30. The Morgan fingerprint density at radius 2 is 2.36 bits per heavy atom. The van der Waals surface area contributed by atoms with Crippen LogP contribution in [0.25, 0.3) is 5.65 Å². The number of fused-ring (bicyclic) bond motifs is 1. The third kappa shape index (κ3) is 1.12. The molecule has 0 bridgehead atoms. The lowest BCUT2D eigenvalue weighted by molar-refractivity contribution is 0.0690. The summed E-state index contributed by atoms with van der Waals surface area (Å²) in [4.78, 5) is 14.2. The molecule has 2 aromatic heterocycles. The minimum Gasteiger partial charge on any atom is -0.476 e. The summed E-state index contributed by atoms with van der Waals surface area (Å²) in [5.74, 6) is -2.31. The molecule has 2 rings (SSSR count). The van der Waals surface area contributed by atoms with Gasteiger partial charge in [-0.3, -0.25) is 0 Å². The number of carboxylic acids is 1. The largest absolute Gasteiger partial charge is 0.476 e. The summed E-state index contributed by atoms with van der Waals surface area (Å²) in [5, 5.41) is 11.7. The van der Waals surface area contributed by atoms with Crippen LogP contribution in [0.5, 0.6) is 0 Å². The highest BCUT2D eigenvalue weighted by Crippen LogP contribution is 2.19. The fourth-order valence-electron chi connectivity index (χ4n) is 1.03. The lowest BCUT2D eigenvalue weighted by Gasteiger charge is -2.01. The zero-order chi connectivity index (χ0) is 10.3. The van der Waals surface area contributed by atoms with E-state index in [1.807, 2.05) is 0 Å². The van der Waals surface area contributed by atoms with Crippen molar-refractivity contribution in [3.05, 3.63) is 28.9 Å². The molecule has 0 radical (unpaired) electrons. The van der Waals surface area contributed by atoms with Gasteiger partial charge in [0.15, 0.2) is 11.3 Å². The Bertz CT molecular complexity index is 525. The number of nitrogens with zero attached hydrogens (tertiary/aromatic N) is 3. The van der Waals surface area contributed by atoms with Gasteiger partial charge in [0.05, 0.1) is 6.20 Å². The van der Waals surface area contributed by atoms with Crippen molar-refractivity contribution in [2.75, 3.05) is 0 Å². The minimum atomic E-state index is -1.38. The van der Waals surface area contributed by atoms with Gasteiger partial charge in [0.25, 0.3) is 0 Å². The number of rotatable bonds is 1. The summed E-state index contributed by atoms with van der Waals surface area (Å²) in [5.41, 5.74) is -0.415. The van der Waals surface area contributed by atoms with Gasteiger partial charge in [0, 0.05) is 6.07 Å². The van der Waals surface area contributed by atoms with Crippen LogP contribution in [-0.4, -0.2) is 25.7 Å². The average molecular weight is 216 g/mol. The van der Waals surface area contributed by atoms with Crippen LogP contribution in [0.3, 0.4) is 0 Å². The molecule has 0 saturated heterocycles. The van der Waals surface area contributed by atoms with Crippen molar-refractivity contribution in [2.24, 2.45) is 0 Å². The van der Waals surface area contributed by atoms with Crippen LogP contribution in [0.2, 0.25) is 5.02 Å². The highest BCUT2D eigenvalue weighted by molar-refractivity contribution is 6.33. The fraction of sp³-hybridized carbons (Fsp3) is 0. The molecule has 0 aliphatic rings. The normalized spacial score (nSPS) is 10.7. The fourth-order valence-corrected chi connectivity index (χ4v) is 1.23. The van der Waals surface area contributed by atoms with Gasteiger partial charge in [0.1, 0.15) is 5.02 Å². The monoisotopic (exact) mass is 215 g/mol. The summed E-state index contributed by atoms with van der Waals surface area (Å²) < 4.78 is 14.1. The number of hydrogen-bond donors (Lipinski definition) is 1. The molecule has 14 heavy (non-hydrogen) atoms. The molecule has 72 valence electrons. The Morgan fingerprint density at radius 1 is 1.64 bits per heavy atom. The van der Waals surface area contributed by atoms with Crippen LogP contribution in [0.15, 0.2) is 12.3 Å². The Kier molecular flexibility index (Phi) is 1.85. The first-order chi connectivity index (χ1) is 6.61. The topological polar surface area (TPSA) is 67.5 Å². The molecule has 2 aromatic rings. The lowest BCUT2D eigenvalue weighted by Crippen LogP contribution is -2.08. The van der Waals surface area contributed by atoms with Gasteiger partial charge in [-0.2, -0.15) is 14.0 Å². The van der Waals surface area contributed by atoms with E-state index in [0.717, 1.165) is 4.52 Å². The minimum absolute atomic E-state index is 0.101. The number of carboxylic acid groups (broad SMARTS) is 1. The molecule has 0 aromatic carbocycles. The van der Waals surface area contributed by atoms with E-state index in [2.05, 4.69) is 10.1 Å². The summed E-state index contributed by atoms with van der Waals surface area (Å²) in [7, 11) is 0. The Morgan fingerprint density at radius 3 is 3.00 bits per heavy atom. The van der Waals surface area contributed by atoms with E-state index >= 15 is 0 Å². The van der Waals surface area contributed by atoms with Crippen LogP contribution in [-0.2, 0) is 0 Å². The number of aromatic nitrogens is 3. The molecule has 0 spiro atoms. The van der Waals surface area contributed by atoms with Crippen molar-refractivity contribution in [3.8, 4) is 0 Å². The van der Waals surface area contributed by atoms with Gasteiger partial charge in [-0.15, -0.1) is 0 Å². The van der Waals surface area contributed by atoms with Crippen molar-refractivity contribution in [2.45, 2.75) is 0 Å². The van der Waals surface area contributed by atoms with E-state index in [0.29, 0.717) is 0 Å². The number of hydrogen-bond acceptors (Lipinski definition) is 3. The summed E-state index contributed by atoms with van der Waals surface area (Å²) >= 11 is 5.44. The quantitative estimate of drug-likeness (QED) is 0.727. The van der Waals surface area contributed by atoms with Gasteiger partial charge >= 0.3 is 5.97 Å². The molecule has 0 saturated carbocycles. The predicted molar refractivity (Wildman–Crippen MR) is 44.9 cm³/mol. The number of halogens is 2. The summed E-state index contributed by atoms with van der Waals surface area (Å²) in [6.45, 7) is 0. The molecule has 0 fully saturated rings. The highest BCUT2D eigenvalue weighted by atomic mass is 35.5. The zero-order valence-corrected chi connectivity index (χ0v) is 7.36. The van der Waals surface area contributed by atoms with E-state index < -0.39 is 22.6 Å². The van der Waals surface area contributed by atoms with Gasteiger partial charge in [-0.1, -0.05) is 11.6 Å². The molecule has 5 nitrogen and oxygen atoms in total. The van der Waals surface area contributed by atoms with E-state index in [1.165, 1.54) is 12.3 Å². The number of aromatic carboxylic acids is 1. The van der Waals surface area contributed by atoms with Gasteiger partial charge in [-0.05, 0) is 0 Å². The lowest BCUT2D eigenvalue weighted by atomic mass is 10.4. The smallest absolute Gasteiger partial charge is 0.356 e. The number of carbonyl (C=O) groups is 1. The molecule has 1 N–H and O–H groups in total. The highest BCUT2D eigenvalue weighted by Gasteiger charge is 2.18. The maximum absolute atomic E-state index is 13.3. The Hall–Kier alpha value is -1.69. The first-order valence-electron chi connectivity index (χ1n) is 3.53. The third-order valence-corrected chi connectivity index (χ3v) is 1.96. The predicted octanol–water partition coefficient (Wildman–Crippen LogP) is 1.22. The first-order valence-corrected chi connectivity index (χ1v) is 3.91. The molecule has 0 aliphatic heterocycles. The first kappa shape index (κ1) is 8.89.